The Kier molecular flexibility index (Phi) is 4.46. The first-order chi connectivity index (χ1) is 6.29. The van der Waals surface area contributed by atoms with Crippen LogP contribution >= 0.6 is 27.5 Å². The van der Waals surface area contributed by atoms with Crippen molar-refractivity contribution in [1.82, 2.24) is 0 Å². The fraction of sp³-hybridized carbons (Fsp3) is 0.300. The van der Waals surface area contributed by atoms with Gasteiger partial charge in [0.15, 0.2) is 0 Å². The van der Waals surface area contributed by atoms with Crippen LogP contribution in [0.3, 0.4) is 0 Å². The second-order valence-electron chi connectivity index (χ2n) is 2.72. The minimum absolute atomic E-state index is 0.482. The third kappa shape index (κ3) is 2.82. The van der Waals surface area contributed by atoms with Gasteiger partial charge in [-0.15, -0.1) is 11.6 Å². The van der Waals surface area contributed by atoms with Crippen LogP contribution in [0.1, 0.15) is 17.5 Å². The molecule has 0 aliphatic heterocycles. The van der Waals surface area contributed by atoms with Crippen molar-refractivity contribution in [2.75, 3.05) is 0 Å². The molecule has 0 radical (unpaired) electrons. The van der Waals surface area contributed by atoms with E-state index in [2.05, 4.69) is 15.9 Å². The van der Waals surface area contributed by atoms with E-state index < -0.39 is 0 Å². The summed E-state index contributed by atoms with van der Waals surface area (Å²) in [6, 6.07) is 5.92. The number of carbonyl (C=O) groups excluding carboxylic acids is 1. The molecule has 0 bridgehead atoms. The molecule has 70 valence electrons. The number of carbonyl (C=O) groups is 1. The van der Waals surface area contributed by atoms with Gasteiger partial charge in [-0.2, -0.15) is 0 Å². The molecule has 0 aliphatic rings. The zero-order valence-electron chi connectivity index (χ0n) is 7.09. The summed E-state index contributed by atoms with van der Waals surface area (Å²) in [6.45, 7) is 0. The standard InChI is InChI=1S/C10H10BrClO/c11-10-5-1-3-8(4-2-6-13)9(10)7-12/h1,3,5-6H,2,4,7H2. The van der Waals surface area contributed by atoms with Crippen LogP contribution in [0, 0.1) is 0 Å². The number of rotatable bonds is 4. The van der Waals surface area contributed by atoms with Crippen molar-refractivity contribution in [3.8, 4) is 0 Å². The van der Waals surface area contributed by atoms with E-state index in [1.165, 1.54) is 0 Å². The predicted molar refractivity (Wildman–Crippen MR) is 58.1 cm³/mol. The zero-order valence-corrected chi connectivity index (χ0v) is 9.44. The van der Waals surface area contributed by atoms with E-state index in [1.54, 1.807) is 0 Å². The van der Waals surface area contributed by atoms with Crippen LogP contribution in [0.15, 0.2) is 22.7 Å². The zero-order chi connectivity index (χ0) is 9.68. The highest BCUT2D eigenvalue weighted by molar-refractivity contribution is 9.10. The van der Waals surface area contributed by atoms with Gasteiger partial charge in [-0.05, 0) is 23.6 Å². The van der Waals surface area contributed by atoms with Crippen LogP contribution < -0.4 is 0 Å². The molecule has 1 rings (SSSR count). The molecule has 0 unspecified atom stereocenters. The van der Waals surface area contributed by atoms with E-state index >= 15 is 0 Å². The van der Waals surface area contributed by atoms with Crippen molar-refractivity contribution in [2.24, 2.45) is 0 Å². The van der Waals surface area contributed by atoms with Gasteiger partial charge in [0, 0.05) is 16.8 Å². The van der Waals surface area contributed by atoms with Crippen LogP contribution in [-0.4, -0.2) is 6.29 Å². The first kappa shape index (κ1) is 10.7. The fourth-order valence-corrected chi connectivity index (χ4v) is 2.23. The number of hydrogen-bond acceptors (Lipinski definition) is 1. The van der Waals surface area contributed by atoms with Gasteiger partial charge in [0.1, 0.15) is 6.29 Å². The SMILES string of the molecule is O=CCCc1cccc(Br)c1CCl. The Morgan fingerprint density at radius 3 is 2.85 bits per heavy atom. The van der Waals surface area contributed by atoms with E-state index in [-0.39, 0.29) is 0 Å². The number of aldehydes is 1. The largest absolute Gasteiger partial charge is 0.303 e. The third-order valence-corrected chi connectivity index (χ3v) is 2.89. The molecule has 0 atom stereocenters. The maximum atomic E-state index is 10.2. The smallest absolute Gasteiger partial charge is 0.120 e. The molecule has 1 aromatic rings. The lowest BCUT2D eigenvalue weighted by atomic mass is 10.0. The Hall–Kier alpha value is -0.340. The summed E-state index contributed by atoms with van der Waals surface area (Å²) >= 11 is 9.22. The molecular weight excluding hydrogens is 251 g/mol. The van der Waals surface area contributed by atoms with Crippen molar-refractivity contribution in [3.63, 3.8) is 0 Å². The fourth-order valence-electron chi connectivity index (χ4n) is 1.20. The summed E-state index contributed by atoms with van der Waals surface area (Å²) in [5, 5.41) is 0. The summed E-state index contributed by atoms with van der Waals surface area (Å²) in [4.78, 5) is 10.2. The van der Waals surface area contributed by atoms with E-state index in [0.29, 0.717) is 12.3 Å². The van der Waals surface area contributed by atoms with E-state index in [4.69, 9.17) is 11.6 Å². The molecule has 0 fully saturated rings. The summed E-state index contributed by atoms with van der Waals surface area (Å²) in [6.07, 6.45) is 2.25. The normalized spacial score (nSPS) is 10.0. The van der Waals surface area contributed by atoms with Gasteiger partial charge in [-0.25, -0.2) is 0 Å². The van der Waals surface area contributed by atoms with Gasteiger partial charge < -0.3 is 4.79 Å². The van der Waals surface area contributed by atoms with Crippen LogP contribution in [0.25, 0.3) is 0 Å². The molecule has 0 spiro atoms. The van der Waals surface area contributed by atoms with E-state index in [1.807, 2.05) is 18.2 Å². The minimum atomic E-state index is 0.482. The second kappa shape index (κ2) is 5.40. The Labute approximate surface area is 91.2 Å². The average Bonchev–Trinajstić information content (AvgIpc) is 2.15. The van der Waals surface area contributed by atoms with Crippen molar-refractivity contribution < 1.29 is 4.79 Å². The molecule has 3 heteroatoms. The first-order valence-electron chi connectivity index (χ1n) is 4.05. The average molecular weight is 262 g/mol. The first-order valence-corrected chi connectivity index (χ1v) is 5.38. The number of alkyl halides is 1. The Bertz CT molecular complexity index is 299. The molecule has 0 aromatic heterocycles. The monoisotopic (exact) mass is 260 g/mol. The summed E-state index contributed by atoms with van der Waals surface area (Å²) in [5.74, 6) is 0.482. The van der Waals surface area contributed by atoms with Gasteiger partial charge in [0.25, 0.3) is 0 Å². The summed E-state index contributed by atoms with van der Waals surface area (Å²) in [7, 11) is 0. The highest BCUT2D eigenvalue weighted by Gasteiger charge is 2.04. The Balaban J connectivity index is 2.91. The molecule has 0 N–H and O–H groups in total. The lowest BCUT2D eigenvalue weighted by Gasteiger charge is -2.06. The lowest BCUT2D eigenvalue weighted by Crippen LogP contribution is -1.93. The highest BCUT2D eigenvalue weighted by atomic mass is 79.9. The van der Waals surface area contributed by atoms with Gasteiger partial charge in [-0.3, -0.25) is 0 Å². The third-order valence-electron chi connectivity index (χ3n) is 1.88. The van der Waals surface area contributed by atoms with Crippen molar-refractivity contribution in [2.45, 2.75) is 18.7 Å². The number of hydrogen-bond donors (Lipinski definition) is 0. The topological polar surface area (TPSA) is 17.1 Å². The molecule has 0 amide bonds. The molecule has 0 heterocycles. The molecule has 13 heavy (non-hydrogen) atoms. The molecule has 0 saturated heterocycles. The Morgan fingerprint density at radius 2 is 2.23 bits per heavy atom. The number of benzene rings is 1. The quantitative estimate of drug-likeness (QED) is 0.600. The van der Waals surface area contributed by atoms with Crippen LogP contribution in [0.4, 0.5) is 0 Å². The number of halogens is 2. The maximum absolute atomic E-state index is 10.2. The lowest BCUT2D eigenvalue weighted by molar-refractivity contribution is -0.107. The van der Waals surface area contributed by atoms with Crippen LogP contribution in [-0.2, 0) is 17.1 Å². The maximum Gasteiger partial charge on any atom is 0.120 e. The predicted octanol–water partition coefficient (Wildman–Crippen LogP) is 3.32. The van der Waals surface area contributed by atoms with Gasteiger partial charge in [0.05, 0.1) is 0 Å². The molecular formula is C10H10BrClO. The molecule has 0 saturated carbocycles. The van der Waals surface area contributed by atoms with Gasteiger partial charge in [-0.1, -0.05) is 28.1 Å². The number of aryl methyl sites for hydroxylation is 1. The van der Waals surface area contributed by atoms with Crippen LogP contribution in [0.5, 0.6) is 0 Å². The van der Waals surface area contributed by atoms with Gasteiger partial charge in [0.2, 0.25) is 0 Å². The molecule has 1 aromatic carbocycles. The van der Waals surface area contributed by atoms with Crippen molar-refractivity contribution >= 4 is 33.8 Å². The Morgan fingerprint density at radius 1 is 1.46 bits per heavy atom. The molecule has 1 nitrogen and oxygen atoms in total. The second-order valence-corrected chi connectivity index (χ2v) is 3.84. The minimum Gasteiger partial charge on any atom is -0.303 e. The van der Waals surface area contributed by atoms with Crippen LogP contribution in [0.2, 0.25) is 0 Å². The van der Waals surface area contributed by atoms with Crippen molar-refractivity contribution in [3.05, 3.63) is 33.8 Å². The summed E-state index contributed by atoms with van der Waals surface area (Å²) < 4.78 is 1.02. The van der Waals surface area contributed by atoms with E-state index in [0.717, 1.165) is 28.3 Å². The molecule has 0 aliphatic carbocycles. The van der Waals surface area contributed by atoms with Gasteiger partial charge >= 0.3 is 0 Å². The van der Waals surface area contributed by atoms with E-state index in [9.17, 15) is 4.79 Å². The highest BCUT2D eigenvalue weighted by Crippen LogP contribution is 2.23. The van der Waals surface area contributed by atoms with Crippen molar-refractivity contribution in [1.29, 1.82) is 0 Å². The summed E-state index contributed by atoms with van der Waals surface area (Å²) in [5.41, 5.74) is 2.24.